The Bertz CT molecular complexity index is 1630. The minimum atomic E-state index is -4.81. The molecule has 40 heavy (non-hydrogen) atoms. The molecule has 3 aromatic carbocycles. The lowest BCUT2D eigenvalue weighted by molar-refractivity contribution is -0.153. The third-order valence-electron chi connectivity index (χ3n) is 7.13. The SMILES string of the molecule is C=C1CC(C[C@H]2CN(S(=O)(=O)c3cccc(C(F)(F)F)c3)c3cc(-c4cc(F)ccc4F)ccc3O2)(C(=O)O)C1. The normalized spacial score (nSPS) is 18.5. The van der Waals surface area contributed by atoms with Gasteiger partial charge in [-0.25, -0.2) is 17.2 Å². The fraction of sp³-hybridized carbons (Fsp3) is 0.250. The van der Waals surface area contributed by atoms with Gasteiger partial charge in [0.25, 0.3) is 10.0 Å². The summed E-state index contributed by atoms with van der Waals surface area (Å²) in [7, 11) is -4.66. The highest BCUT2D eigenvalue weighted by Crippen LogP contribution is 2.50. The van der Waals surface area contributed by atoms with E-state index in [2.05, 4.69) is 6.58 Å². The lowest BCUT2D eigenvalue weighted by Crippen LogP contribution is -2.49. The fourth-order valence-corrected chi connectivity index (χ4v) is 6.76. The highest BCUT2D eigenvalue weighted by atomic mass is 32.2. The van der Waals surface area contributed by atoms with Gasteiger partial charge < -0.3 is 9.84 Å². The van der Waals surface area contributed by atoms with Crippen molar-refractivity contribution in [1.29, 1.82) is 0 Å². The number of allylic oxidation sites excluding steroid dienone is 1. The van der Waals surface area contributed by atoms with E-state index in [0.29, 0.717) is 11.6 Å². The van der Waals surface area contributed by atoms with Crippen molar-refractivity contribution in [3.8, 4) is 16.9 Å². The Morgan fingerprint density at radius 3 is 2.45 bits per heavy atom. The van der Waals surface area contributed by atoms with Gasteiger partial charge in [0, 0.05) is 12.0 Å². The number of hydrogen-bond acceptors (Lipinski definition) is 4. The van der Waals surface area contributed by atoms with E-state index >= 15 is 0 Å². The largest absolute Gasteiger partial charge is 0.486 e. The van der Waals surface area contributed by atoms with Crippen LogP contribution < -0.4 is 9.04 Å². The maximum atomic E-state index is 14.5. The number of hydrogen-bond donors (Lipinski definition) is 1. The van der Waals surface area contributed by atoms with Gasteiger partial charge in [-0.3, -0.25) is 9.10 Å². The molecule has 0 aromatic heterocycles. The smallest absolute Gasteiger partial charge is 0.416 e. The van der Waals surface area contributed by atoms with Gasteiger partial charge in [0.1, 0.15) is 23.5 Å². The second-order valence-electron chi connectivity index (χ2n) is 10.0. The molecule has 12 heteroatoms. The van der Waals surface area contributed by atoms with E-state index < -0.39 is 62.3 Å². The first-order valence-corrected chi connectivity index (χ1v) is 13.5. The predicted molar refractivity (Wildman–Crippen MR) is 135 cm³/mol. The van der Waals surface area contributed by atoms with Crippen molar-refractivity contribution in [2.75, 3.05) is 10.8 Å². The van der Waals surface area contributed by atoms with Gasteiger partial charge >= 0.3 is 12.1 Å². The van der Waals surface area contributed by atoms with Crippen molar-refractivity contribution >= 4 is 21.7 Å². The van der Waals surface area contributed by atoms with Crippen molar-refractivity contribution in [2.24, 2.45) is 5.41 Å². The molecule has 3 aromatic rings. The topological polar surface area (TPSA) is 83.9 Å². The fourth-order valence-electron chi connectivity index (χ4n) is 5.22. The van der Waals surface area contributed by atoms with Crippen molar-refractivity contribution in [3.05, 3.63) is 90.0 Å². The Morgan fingerprint density at radius 1 is 1.07 bits per heavy atom. The van der Waals surface area contributed by atoms with Gasteiger partial charge in [-0.15, -0.1) is 0 Å². The van der Waals surface area contributed by atoms with E-state index in [-0.39, 0.29) is 41.8 Å². The molecule has 1 aliphatic heterocycles. The van der Waals surface area contributed by atoms with Crippen LogP contribution in [0.3, 0.4) is 0 Å². The molecule has 0 amide bonds. The molecule has 0 bridgehead atoms. The van der Waals surface area contributed by atoms with Crippen LogP contribution in [-0.2, 0) is 21.0 Å². The summed E-state index contributed by atoms with van der Waals surface area (Å²) in [6.45, 7) is 3.35. The first-order valence-electron chi connectivity index (χ1n) is 12.1. The summed E-state index contributed by atoms with van der Waals surface area (Å²) in [5, 5.41) is 9.85. The number of halogens is 5. The Hall–Kier alpha value is -3.93. The van der Waals surface area contributed by atoms with Crippen LogP contribution in [0.25, 0.3) is 11.1 Å². The maximum Gasteiger partial charge on any atom is 0.416 e. The van der Waals surface area contributed by atoms with Crippen LogP contribution in [0, 0.1) is 17.0 Å². The zero-order valence-electron chi connectivity index (χ0n) is 20.7. The summed E-state index contributed by atoms with van der Waals surface area (Å²) in [5.74, 6) is -2.62. The van der Waals surface area contributed by atoms with Gasteiger partial charge in [0.05, 0.1) is 28.1 Å². The molecule has 1 N–H and O–H groups in total. The Kier molecular flexibility index (Phi) is 6.64. The zero-order chi connectivity index (χ0) is 29.0. The summed E-state index contributed by atoms with van der Waals surface area (Å²) < 4.78 is 103. The molecule has 2 aliphatic rings. The summed E-state index contributed by atoms with van der Waals surface area (Å²) in [5.41, 5.74) is -1.87. The van der Waals surface area contributed by atoms with Crippen LogP contribution in [0.1, 0.15) is 24.8 Å². The number of carboxylic acids is 1. The minimum Gasteiger partial charge on any atom is -0.486 e. The summed E-state index contributed by atoms with van der Waals surface area (Å²) in [6, 6.07) is 9.93. The molecule has 5 rings (SSSR count). The quantitative estimate of drug-likeness (QED) is 0.269. The van der Waals surface area contributed by atoms with Crippen molar-refractivity contribution in [3.63, 3.8) is 0 Å². The lowest BCUT2D eigenvalue weighted by Gasteiger charge is -2.44. The van der Waals surface area contributed by atoms with Gasteiger partial charge in [-0.1, -0.05) is 24.3 Å². The third-order valence-corrected chi connectivity index (χ3v) is 8.90. The molecule has 210 valence electrons. The van der Waals surface area contributed by atoms with Crippen LogP contribution in [0.4, 0.5) is 27.6 Å². The number of ether oxygens (including phenoxy) is 1. The molecular formula is C28H22F5NO5S. The lowest BCUT2D eigenvalue weighted by atomic mass is 9.63. The summed E-state index contributed by atoms with van der Waals surface area (Å²) >= 11 is 0. The summed E-state index contributed by atoms with van der Waals surface area (Å²) in [6.07, 6.45) is -5.52. The van der Waals surface area contributed by atoms with Crippen LogP contribution in [0.2, 0.25) is 0 Å². The van der Waals surface area contributed by atoms with E-state index in [9.17, 15) is 40.3 Å². The Balaban J connectivity index is 1.61. The van der Waals surface area contributed by atoms with Gasteiger partial charge in [0.15, 0.2) is 0 Å². The van der Waals surface area contributed by atoms with E-state index in [1.54, 1.807) is 0 Å². The van der Waals surface area contributed by atoms with Gasteiger partial charge in [-0.05, 0) is 66.9 Å². The first-order chi connectivity index (χ1) is 18.7. The number of fused-ring (bicyclic) bond motifs is 1. The second-order valence-corrected chi connectivity index (χ2v) is 11.9. The first kappa shape index (κ1) is 27.6. The van der Waals surface area contributed by atoms with E-state index in [4.69, 9.17) is 4.74 Å². The zero-order valence-corrected chi connectivity index (χ0v) is 21.5. The predicted octanol–water partition coefficient (Wildman–Crippen LogP) is 6.42. The van der Waals surface area contributed by atoms with E-state index in [1.807, 2.05) is 0 Å². The molecule has 0 saturated heterocycles. The number of anilines is 1. The molecule has 0 spiro atoms. The third kappa shape index (κ3) is 4.91. The van der Waals surface area contributed by atoms with Gasteiger partial charge in [0.2, 0.25) is 0 Å². The monoisotopic (exact) mass is 579 g/mol. The maximum absolute atomic E-state index is 14.5. The average Bonchev–Trinajstić information content (AvgIpc) is 2.87. The number of nitrogens with zero attached hydrogens (tertiary/aromatic N) is 1. The van der Waals surface area contributed by atoms with Crippen LogP contribution in [0.5, 0.6) is 5.75 Å². The van der Waals surface area contributed by atoms with Crippen molar-refractivity contribution in [2.45, 2.75) is 36.4 Å². The number of alkyl halides is 3. The minimum absolute atomic E-state index is 0.00829. The number of aliphatic carboxylic acids is 1. The molecule has 0 radical (unpaired) electrons. The molecule has 1 aliphatic carbocycles. The Morgan fingerprint density at radius 2 is 1.80 bits per heavy atom. The van der Waals surface area contributed by atoms with E-state index in [0.717, 1.165) is 40.7 Å². The highest BCUT2D eigenvalue weighted by Gasteiger charge is 2.50. The molecule has 1 atom stereocenters. The molecule has 1 saturated carbocycles. The van der Waals surface area contributed by atoms with E-state index in [1.165, 1.54) is 18.2 Å². The second kappa shape index (κ2) is 9.61. The molecule has 6 nitrogen and oxygen atoms in total. The standard InChI is InChI=1S/C28H22F5NO5S/c1-16-12-27(13-16,26(35)36)14-20-15-34(40(37,38)21-4-2-3-18(10-21)28(31,32)33)24-9-17(5-8-25(24)39-20)22-11-19(29)6-7-23(22)30/h2-11,20H,1,12-15H2,(H,35,36)/t20-/m0/s1. The van der Waals surface area contributed by atoms with Crippen LogP contribution in [-0.4, -0.2) is 32.1 Å². The molecule has 1 heterocycles. The van der Waals surface area contributed by atoms with Crippen LogP contribution >= 0.6 is 0 Å². The Labute approximate surface area is 226 Å². The number of carbonyl (C=O) groups is 1. The van der Waals surface area contributed by atoms with Crippen molar-refractivity contribution < 1.29 is 45.0 Å². The number of benzene rings is 3. The molecule has 1 fully saturated rings. The number of rotatable bonds is 6. The van der Waals surface area contributed by atoms with Crippen LogP contribution in [0.15, 0.2) is 77.7 Å². The van der Waals surface area contributed by atoms with Gasteiger partial charge in [-0.2, -0.15) is 13.2 Å². The number of carboxylic acid groups (broad SMARTS) is 1. The molecular weight excluding hydrogens is 557 g/mol. The summed E-state index contributed by atoms with van der Waals surface area (Å²) in [4.78, 5) is 11.4. The highest BCUT2D eigenvalue weighted by molar-refractivity contribution is 7.92. The molecule has 0 unspecified atom stereocenters. The number of sulfonamides is 1. The average molecular weight is 580 g/mol. The van der Waals surface area contributed by atoms with Crippen molar-refractivity contribution in [1.82, 2.24) is 0 Å².